The molecule has 204 valence electrons. The van der Waals surface area contributed by atoms with E-state index in [1.54, 1.807) is 20.8 Å². The van der Waals surface area contributed by atoms with Crippen molar-refractivity contribution < 1.29 is 28.6 Å². The fraction of sp³-hybridized carbons (Fsp3) is 0.680. The first-order valence-corrected chi connectivity index (χ1v) is 12.3. The quantitative estimate of drug-likeness (QED) is 0.227. The van der Waals surface area contributed by atoms with Crippen molar-refractivity contribution in [3.8, 4) is 0 Å². The van der Waals surface area contributed by atoms with Gasteiger partial charge < -0.3 is 25.2 Å². The van der Waals surface area contributed by atoms with Crippen molar-refractivity contribution >= 4 is 23.4 Å². The number of anilines is 2. The summed E-state index contributed by atoms with van der Waals surface area (Å²) in [6.45, 7) is 13.3. The Morgan fingerprint density at radius 1 is 1.22 bits per heavy atom. The van der Waals surface area contributed by atoms with Gasteiger partial charge in [-0.2, -0.15) is 5.43 Å². The Balaban J connectivity index is 1.95. The van der Waals surface area contributed by atoms with Crippen LogP contribution in [0, 0.1) is 11.2 Å². The number of carbonyl (C=O) groups excluding carboxylic acids is 2. The maximum atomic E-state index is 14.1. The molecule has 1 aromatic rings. The molecule has 1 aromatic carbocycles. The van der Waals surface area contributed by atoms with E-state index in [1.807, 2.05) is 20.8 Å². The van der Waals surface area contributed by atoms with Gasteiger partial charge in [-0.25, -0.2) is 9.18 Å². The molecule has 1 aliphatic heterocycles. The van der Waals surface area contributed by atoms with Crippen molar-refractivity contribution in [2.75, 3.05) is 43.9 Å². The molecule has 2 atom stereocenters. The average Bonchev–Trinajstić information content (AvgIpc) is 2.73. The van der Waals surface area contributed by atoms with Crippen molar-refractivity contribution in [2.24, 2.45) is 5.41 Å². The number of hydrazine groups is 1. The molecule has 0 spiro atoms. The number of aliphatic hydroxyl groups excluding tert-OH is 1. The number of piperidine rings is 1. The smallest absolute Gasteiger partial charge is 0.336 e. The van der Waals surface area contributed by atoms with Gasteiger partial charge >= 0.3 is 12.0 Å². The molecule has 0 bridgehead atoms. The van der Waals surface area contributed by atoms with E-state index in [4.69, 9.17) is 9.47 Å². The van der Waals surface area contributed by atoms with E-state index < -0.39 is 29.3 Å². The first kappa shape index (κ1) is 29.8. The molecule has 4 N–H and O–H groups in total. The van der Waals surface area contributed by atoms with Crippen LogP contribution in [-0.2, 0) is 14.3 Å². The lowest BCUT2D eigenvalue weighted by Gasteiger charge is -2.34. The number of urea groups is 1. The normalized spacial score (nSPS) is 17.9. The fourth-order valence-corrected chi connectivity index (χ4v) is 3.61. The first-order chi connectivity index (χ1) is 16.6. The summed E-state index contributed by atoms with van der Waals surface area (Å²) in [5.41, 5.74) is 2.23. The predicted molar refractivity (Wildman–Crippen MR) is 137 cm³/mol. The molecule has 1 heterocycles. The summed E-state index contributed by atoms with van der Waals surface area (Å²) in [5, 5.41) is 17.1. The van der Waals surface area contributed by atoms with Crippen LogP contribution in [0.15, 0.2) is 18.2 Å². The highest BCUT2D eigenvalue weighted by Gasteiger charge is 2.25. The van der Waals surface area contributed by atoms with Gasteiger partial charge in [0, 0.05) is 26.2 Å². The summed E-state index contributed by atoms with van der Waals surface area (Å²) >= 11 is 0. The van der Waals surface area contributed by atoms with Gasteiger partial charge in [0.15, 0.2) is 0 Å². The third-order valence-electron chi connectivity index (χ3n) is 5.42. The molecule has 1 unspecified atom stereocenters. The molecule has 1 aliphatic rings. The number of esters is 1. The van der Waals surface area contributed by atoms with Crippen molar-refractivity contribution in [1.29, 1.82) is 0 Å². The van der Waals surface area contributed by atoms with Crippen molar-refractivity contribution in [3.63, 3.8) is 0 Å². The lowest BCUT2D eigenvalue weighted by atomic mass is 9.97. The molecule has 1 saturated heterocycles. The molecule has 11 heteroatoms. The van der Waals surface area contributed by atoms with Gasteiger partial charge in [-0.05, 0) is 79.1 Å². The van der Waals surface area contributed by atoms with E-state index in [1.165, 1.54) is 25.2 Å². The number of hydrogen-bond acceptors (Lipinski definition) is 8. The zero-order chi connectivity index (χ0) is 27.1. The Morgan fingerprint density at radius 3 is 2.56 bits per heavy atom. The van der Waals surface area contributed by atoms with Crippen LogP contribution >= 0.6 is 0 Å². The van der Waals surface area contributed by atoms with E-state index in [2.05, 4.69) is 21.0 Å². The first-order valence-electron chi connectivity index (χ1n) is 12.3. The van der Waals surface area contributed by atoms with Crippen LogP contribution in [0.2, 0.25) is 0 Å². The van der Waals surface area contributed by atoms with Crippen LogP contribution in [0.5, 0.6) is 0 Å². The van der Waals surface area contributed by atoms with E-state index in [0.717, 1.165) is 24.4 Å². The zero-order valence-corrected chi connectivity index (χ0v) is 22.5. The lowest BCUT2D eigenvalue weighted by molar-refractivity contribution is -0.198. The second-order valence-corrected chi connectivity index (χ2v) is 11.1. The Labute approximate surface area is 213 Å². The summed E-state index contributed by atoms with van der Waals surface area (Å²) in [7, 11) is 1.44. The van der Waals surface area contributed by atoms with Crippen molar-refractivity contribution in [1.82, 2.24) is 15.3 Å². The summed E-state index contributed by atoms with van der Waals surface area (Å²) in [6, 6.07) is 3.55. The number of likely N-dealkylation sites (tertiary alicyclic amines) is 1. The number of hydrogen-bond donors (Lipinski definition) is 4. The monoisotopic (exact) mass is 511 g/mol. The summed E-state index contributed by atoms with van der Waals surface area (Å²) in [6.07, 6.45) is 0.419. The Morgan fingerprint density at radius 2 is 1.92 bits per heavy atom. The van der Waals surface area contributed by atoms with E-state index in [-0.39, 0.29) is 12.0 Å². The topological polar surface area (TPSA) is 115 Å². The molecule has 36 heavy (non-hydrogen) atoms. The number of nitrogens with zero attached hydrogens (tertiary/aromatic N) is 2. The molecule has 0 saturated carbocycles. The third-order valence-corrected chi connectivity index (χ3v) is 5.42. The van der Waals surface area contributed by atoms with Crippen LogP contribution in [0.1, 0.15) is 54.4 Å². The Bertz CT molecular complexity index is 887. The summed E-state index contributed by atoms with van der Waals surface area (Å²) in [4.78, 5) is 26.8. The van der Waals surface area contributed by atoms with Gasteiger partial charge in [0.2, 0.25) is 6.41 Å². The highest BCUT2D eigenvalue weighted by molar-refractivity contribution is 5.92. The largest absolute Gasteiger partial charge is 0.464 e. The minimum atomic E-state index is -1.39. The van der Waals surface area contributed by atoms with Crippen LogP contribution in [0.4, 0.5) is 20.6 Å². The second kappa shape index (κ2) is 12.7. The highest BCUT2D eigenvalue weighted by Crippen LogP contribution is 2.26. The average molecular weight is 512 g/mol. The van der Waals surface area contributed by atoms with Gasteiger partial charge in [0.05, 0.1) is 22.4 Å². The van der Waals surface area contributed by atoms with Gasteiger partial charge in [-0.3, -0.25) is 14.7 Å². The van der Waals surface area contributed by atoms with Gasteiger partial charge in [0.25, 0.3) is 0 Å². The Hall–Kier alpha value is -2.47. The number of nitrogens with one attached hydrogen (secondary N) is 3. The van der Waals surface area contributed by atoms with Gasteiger partial charge in [-0.1, -0.05) is 0 Å². The third kappa shape index (κ3) is 10.3. The predicted octanol–water partition coefficient (Wildman–Crippen LogP) is 3.35. The molecule has 0 aliphatic carbocycles. The number of amides is 2. The van der Waals surface area contributed by atoms with E-state index in [9.17, 15) is 19.1 Å². The second-order valence-electron chi connectivity index (χ2n) is 11.1. The van der Waals surface area contributed by atoms with Gasteiger partial charge in [-0.15, -0.1) is 0 Å². The number of ether oxygens (including phenoxy) is 2. The Kier molecular flexibility index (Phi) is 10.5. The SMILES string of the molecule is CN(NC(O)OC(C)(C)C)C(=O)Nc1ccc(F)cc1N[C@@H]1CCCN(CCOC(=O)C(C)(C)C)C1. The standard InChI is InChI=1S/C25H42FN5O5/c1-24(2,3)21(32)35-14-13-31-12-8-9-18(16-31)27-20-15-17(26)10-11-19(20)28-22(33)30(7)29-23(34)36-25(4,5)6/h10-11,15,18,23,27,29,34H,8-9,12-14,16H2,1-7H3,(H,28,33)/t18-,23?/m1/s1. The lowest BCUT2D eigenvalue weighted by Crippen LogP contribution is -2.50. The maximum Gasteiger partial charge on any atom is 0.336 e. The molecule has 1 fully saturated rings. The van der Waals surface area contributed by atoms with Crippen LogP contribution in [0.3, 0.4) is 0 Å². The number of halogens is 1. The molecular weight excluding hydrogens is 469 g/mol. The van der Waals surface area contributed by atoms with E-state index in [0.29, 0.717) is 31.1 Å². The number of benzene rings is 1. The van der Waals surface area contributed by atoms with Crippen LogP contribution in [-0.4, -0.2) is 78.4 Å². The summed E-state index contributed by atoms with van der Waals surface area (Å²) < 4.78 is 24.8. The van der Waals surface area contributed by atoms with E-state index >= 15 is 0 Å². The molecule has 10 nitrogen and oxygen atoms in total. The molecule has 0 radical (unpaired) electrons. The fourth-order valence-electron chi connectivity index (χ4n) is 3.61. The minimum absolute atomic E-state index is 0.0207. The highest BCUT2D eigenvalue weighted by atomic mass is 19.1. The molecular formula is C25H42FN5O5. The molecule has 0 aromatic heterocycles. The molecule has 2 amide bonds. The maximum absolute atomic E-state index is 14.1. The zero-order valence-electron chi connectivity index (χ0n) is 22.5. The number of rotatable bonds is 9. The number of aliphatic hydroxyl groups is 1. The van der Waals surface area contributed by atoms with Crippen molar-refractivity contribution in [2.45, 2.75) is 72.4 Å². The molecule has 2 rings (SSSR count). The minimum Gasteiger partial charge on any atom is -0.464 e. The van der Waals surface area contributed by atoms with Crippen molar-refractivity contribution in [3.05, 3.63) is 24.0 Å². The van der Waals surface area contributed by atoms with Gasteiger partial charge in [0.1, 0.15) is 12.4 Å². The summed E-state index contributed by atoms with van der Waals surface area (Å²) in [5.74, 6) is -0.663. The van der Waals surface area contributed by atoms with Crippen LogP contribution in [0.25, 0.3) is 0 Å². The van der Waals surface area contributed by atoms with Crippen LogP contribution < -0.4 is 16.1 Å². The number of carbonyl (C=O) groups is 2.